The van der Waals surface area contributed by atoms with Gasteiger partial charge in [-0.15, -0.1) is 0 Å². The highest BCUT2D eigenvalue weighted by atomic mass is 16.1. The number of ketones is 1. The summed E-state index contributed by atoms with van der Waals surface area (Å²) in [5, 5.41) is 0. The van der Waals surface area contributed by atoms with Gasteiger partial charge in [0.2, 0.25) is 0 Å². The summed E-state index contributed by atoms with van der Waals surface area (Å²) in [6.45, 7) is 5.39. The highest BCUT2D eigenvalue weighted by Gasteiger charge is 2.07. The Balaban J connectivity index is 2.54. The molecular weight excluding hydrogens is 148 g/mol. The van der Waals surface area contributed by atoms with E-state index in [9.17, 15) is 4.79 Å². The molecule has 1 heteroatoms. The Morgan fingerprint density at radius 3 is 2.42 bits per heavy atom. The van der Waals surface area contributed by atoms with E-state index in [-0.39, 0.29) is 5.78 Å². The number of carbonyl (C=O) groups is 1. The molecule has 1 aliphatic carbocycles. The molecule has 0 heterocycles. The lowest BCUT2D eigenvalue weighted by molar-refractivity contribution is -0.111. The number of allylic oxidation sites excluding steroid dienone is 3. The van der Waals surface area contributed by atoms with Crippen molar-refractivity contribution in [2.45, 2.75) is 39.0 Å². The van der Waals surface area contributed by atoms with Gasteiger partial charge in [0, 0.05) is 0 Å². The highest BCUT2D eigenvalue weighted by molar-refractivity contribution is 6.03. The minimum Gasteiger partial charge on any atom is -0.290 e. The van der Waals surface area contributed by atoms with Crippen LogP contribution in [0, 0.1) is 0 Å². The van der Waals surface area contributed by atoms with Crippen LogP contribution in [0.1, 0.15) is 39.0 Å². The number of carbonyl (C=O) groups excluding carboxylic acids is 1. The van der Waals surface area contributed by atoms with Crippen molar-refractivity contribution in [3.05, 3.63) is 23.8 Å². The first-order valence-corrected chi connectivity index (χ1v) is 4.59. The van der Waals surface area contributed by atoms with Crippen LogP contribution in [0.25, 0.3) is 0 Å². The van der Waals surface area contributed by atoms with Crippen LogP contribution in [-0.4, -0.2) is 5.78 Å². The van der Waals surface area contributed by atoms with E-state index in [1.54, 1.807) is 13.0 Å². The molecule has 0 aromatic heterocycles. The zero-order chi connectivity index (χ0) is 8.97. The molecule has 0 aliphatic heterocycles. The Morgan fingerprint density at radius 2 is 1.92 bits per heavy atom. The molecule has 1 nitrogen and oxygen atoms in total. The molecule has 0 saturated heterocycles. The molecule has 1 aliphatic rings. The van der Waals surface area contributed by atoms with Gasteiger partial charge >= 0.3 is 0 Å². The van der Waals surface area contributed by atoms with Crippen LogP contribution in [0.15, 0.2) is 23.8 Å². The second-order valence-corrected chi connectivity index (χ2v) is 3.51. The fourth-order valence-corrected chi connectivity index (χ4v) is 1.46. The lowest BCUT2D eigenvalue weighted by Crippen LogP contribution is -1.99. The SMILES string of the molecule is C=C(C)C(=O)C=C1CCCCC1. The minimum atomic E-state index is 0.104. The Hall–Kier alpha value is -0.850. The third kappa shape index (κ3) is 2.65. The lowest BCUT2D eigenvalue weighted by Gasteiger charge is -2.12. The monoisotopic (exact) mass is 164 g/mol. The first kappa shape index (κ1) is 9.24. The van der Waals surface area contributed by atoms with Crippen molar-refractivity contribution in [3.8, 4) is 0 Å². The van der Waals surface area contributed by atoms with E-state index in [1.807, 2.05) is 0 Å². The van der Waals surface area contributed by atoms with Gasteiger partial charge in [0.1, 0.15) is 0 Å². The van der Waals surface area contributed by atoms with Gasteiger partial charge in [-0.05, 0) is 44.3 Å². The van der Waals surface area contributed by atoms with E-state index >= 15 is 0 Å². The van der Waals surface area contributed by atoms with Gasteiger partial charge in [-0.1, -0.05) is 18.6 Å². The number of rotatable bonds is 2. The lowest BCUT2D eigenvalue weighted by atomic mass is 9.93. The summed E-state index contributed by atoms with van der Waals surface area (Å²) in [6.07, 6.45) is 7.81. The Bertz CT molecular complexity index is 215. The molecule has 0 N–H and O–H groups in total. The summed E-state index contributed by atoms with van der Waals surface area (Å²) < 4.78 is 0. The van der Waals surface area contributed by atoms with Crippen LogP contribution in [0.2, 0.25) is 0 Å². The quantitative estimate of drug-likeness (QED) is 0.573. The minimum absolute atomic E-state index is 0.104. The fraction of sp³-hybridized carbons (Fsp3) is 0.545. The van der Waals surface area contributed by atoms with Gasteiger partial charge in [0.25, 0.3) is 0 Å². The van der Waals surface area contributed by atoms with E-state index in [0.717, 1.165) is 12.8 Å². The first-order chi connectivity index (χ1) is 5.70. The van der Waals surface area contributed by atoms with Crippen LogP contribution in [-0.2, 0) is 4.79 Å². The van der Waals surface area contributed by atoms with Crippen molar-refractivity contribution in [2.24, 2.45) is 0 Å². The largest absolute Gasteiger partial charge is 0.290 e. The molecule has 0 aromatic rings. The normalized spacial score (nSPS) is 17.2. The predicted octanol–water partition coefficient (Wildman–Crippen LogP) is 3.02. The summed E-state index contributed by atoms with van der Waals surface area (Å²) >= 11 is 0. The van der Waals surface area contributed by atoms with Gasteiger partial charge in [-0.3, -0.25) is 4.79 Å². The molecule has 0 amide bonds. The van der Waals surface area contributed by atoms with Crippen molar-refractivity contribution in [1.82, 2.24) is 0 Å². The zero-order valence-corrected chi connectivity index (χ0v) is 7.73. The maximum atomic E-state index is 11.2. The molecule has 0 radical (unpaired) electrons. The molecule has 0 bridgehead atoms. The molecule has 0 unspecified atom stereocenters. The maximum absolute atomic E-state index is 11.2. The molecule has 1 saturated carbocycles. The van der Waals surface area contributed by atoms with Gasteiger partial charge < -0.3 is 0 Å². The topological polar surface area (TPSA) is 17.1 Å². The third-order valence-corrected chi connectivity index (χ3v) is 2.25. The van der Waals surface area contributed by atoms with Gasteiger partial charge in [0.15, 0.2) is 5.78 Å². The smallest absolute Gasteiger partial charge is 0.180 e. The van der Waals surface area contributed by atoms with Crippen molar-refractivity contribution >= 4 is 5.78 Å². The first-order valence-electron chi connectivity index (χ1n) is 4.59. The third-order valence-electron chi connectivity index (χ3n) is 2.25. The Kier molecular flexibility index (Phi) is 3.27. The number of hydrogen-bond donors (Lipinski definition) is 0. The van der Waals surface area contributed by atoms with Crippen molar-refractivity contribution < 1.29 is 4.79 Å². The van der Waals surface area contributed by atoms with Crippen LogP contribution in [0.5, 0.6) is 0 Å². The summed E-state index contributed by atoms with van der Waals surface area (Å²) in [7, 11) is 0. The molecule has 1 rings (SSSR count). The Labute approximate surface area is 74.2 Å². The molecule has 0 atom stereocenters. The molecule has 1 fully saturated rings. The van der Waals surface area contributed by atoms with Crippen molar-refractivity contribution in [2.75, 3.05) is 0 Å². The van der Waals surface area contributed by atoms with E-state index < -0.39 is 0 Å². The summed E-state index contributed by atoms with van der Waals surface area (Å²) in [6, 6.07) is 0. The highest BCUT2D eigenvalue weighted by Crippen LogP contribution is 2.22. The van der Waals surface area contributed by atoms with E-state index in [1.165, 1.54) is 24.8 Å². The fourth-order valence-electron chi connectivity index (χ4n) is 1.46. The average molecular weight is 164 g/mol. The second kappa shape index (κ2) is 4.24. The Morgan fingerprint density at radius 1 is 1.33 bits per heavy atom. The van der Waals surface area contributed by atoms with Gasteiger partial charge in [-0.25, -0.2) is 0 Å². The average Bonchev–Trinajstić information content (AvgIpc) is 2.06. The number of hydrogen-bond acceptors (Lipinski definition) is 1. The summed E-state index contributed by atoms with van der Waals surface area (Å²) in [4.78, 5) is 11.2. The molecular formula is C11H16O. The van der Waals surface area contributed by atoms with Crippen molar-refractivity contribution in [1.29, 1.82) is 0 Å². The molecule has 66 valence electrons. The zero-order valence-electron chi connectivity index (χ0n) is 7.73. The van der Waals surface area contributed by atoms with Gasteiger partial charge in [-0.2, -0.15) is 0 Å². The summed E-state index contributed by atoms with van der Waals surface area (Å²) in [5.41, 5.74) is 1.96. The van der Waals surface area contributed by atoms with Crippen LogP contribution in [0.4, 0.5) is 0 Å². The van der Waals surface area contributed by atoms with E-state index in [0.29, 0.717) is 5.57 Å². The predicted molar refractivity (Wildman–Crippen MR) is 51.0 cm³/mol. The van der Waals surface area contributed by atoms with Crippen LogP contribution < -0.4 is 0 Å². The molecule has 0 aromatic carbocycles. The van der Waals surface area contributed by atoms with E-state index in [4.69, 9.17) is 0 Å². The van der Waals surface area contributed by atoms with Gasteiger partial charge in [0.05, 0.1) is 0 Å². The molecule has 0 spiro atoms. The molecule has 12 heavy (non-hydrogen) atoms. The summed E-state index contributed by atoms with van der Waals surface area (Å²) in [5.74, 6) is 0.104. The van der Waals surface area contributed by atoms with E-state index in [2.05, 4.69) is 6.58 Å². The standard InChI is InChI=1S/C11H16O/c1-9(2)11(12)8-10-6-4-3-5-7-10/h8H,1,3-7H2,2H3. The maximum Gasteiger partial charge on any atom is 0.180 e. The van der Waals surface area contributed by atoms with Crippen LogP contribution >= 0.6 is 0 Å². The second-order valence-electron chi connectivity index (χ2n) is 3.51. The van der Waals surface area contributed by atoms with Crippen molar-refractivity contribution in [3.63, 3.8) is 0 Å². The van der Waals surface area contributed by atoms with Crippen LogP contribution in [0.3, 0.4) is 0 Å².